The van der Waals surface area contributed by atoms with Gasteiger partial charge >= 0.3 is 0 Å². The highest BCUT2D eigenvalue weighted by Crippen LogP contribution is 2.21. The molecule has 4 nitrogen and oxygen atoms in total. The fraction of sp³-hybridized carbons (Fsp3) is 0.273. The quantitative estimate of drug-likeness (QED) is 0.645. The summed E-state index contributed by atoms with van der Waals surface area (Å²) >= 11 is 0. The fourth-order valence-electron chi connectivity index (χ4n) is 3.08. The molecule has 146 valence electrons. The van der Waals surface area contributed by atoms with Crippen LogP contribution in [0, 0.1) is 18.6 Å². The van der Waals surface area contributed by atoms with Gasteiger partial charge in [-0.05, 0) is 39.2 Å². The summed E-state index contributed by atoms with van der Waals surface area (Å²) in [5.74, 6) is -1.49. The molecule has 6 heteroatoms. The normalized spacial score (nSPS) is 11.2. The van der Waals surface area contributed by atoms with Crippen LogP contribution in [-0.2, 0) is 6.54 Å². The predicted molar refractivity (Wildman–Crippen MR) is 106 cm³/mol. The molecule has 28 heavy (non-hydrogen) atoms. The number of rotatable bonds is 6. The first-order valence-electron chi connectivity index (χ1n) is 9.09. The van der Waals surface area contributed by atoms with E-state index >= 15 is 0 Å². The van der Waals surface area contributed by atoms with Crippen LogP contribution in [0.5, 0.6) is 0 Å². The molecule has 0 aliphatic heterocycles. The van der Waals surface area contributed by atoms with E-state index in [9.17, 15) is 13.6 Å². The number of aromatic nitrogens is 1. The van der Waals surface area contributed by atoms with Crippen LogP contribution in [0.1, 0.15) is 21.6 Å². The monoisotopic (exact) mass is 383 g/mol. The van der Waals surface area contributed by atoms with Gasteiger partial charge in [-0.1, -0.05) is 24.3 Å². The highest BCUT2D eigenvalue weighted by Gasteiger charge is 2.21. The summed E-state index contributed by atoms with van der Waals surface area (Å²) in [5, 5.41) is 0.757. The van der Waals surface area contributed by atoms with Crippen LogP contribution in [0.3, 0.4) is 0 Å². The van der Waals surface area contributed by atoms with Crippen LogP contribution >= 0.6 is 0 Å². The van der Waals surface area contributed by atoms with E-state index in [4.69, 9.17) is 0 Å². The lowest BCUT2D eigenvalue weighted by Gasteiger charge is -2.25. The van der Waals surface area contributed by atoms with E-state index in [0.29, 0.717) is 18.7 Å². The number of halogens is 2. The standard InChI is InChI=1S/C22H23F2N3O/c1-15-12-19(18-6-4-5-7-21(18)25-15)22(28)27(11-10-26(2)3)14-16-8-9-17(23)13-20(16)24/h4-9,12-13H,10-11,14H2,1-3H3. The Morgan fingerprint density at radius 3 is 2.50 bits per heavy atom. The van der Waals surface area contributed by atoms with Gasteiger partial charge in [0.05, 0.1) is 11.1 Å². The van der Waals surface area contributed by atoms with Crippen LogP contribution in [0.15, 0.2) is 48.5 Å². The summed E-state index contributed by atoms with van der Waals surface area (Å²) in [7, 11) is 3.82. The molecule has 3 aromatic rings. The molecule has 0 unspecified atom stereocenters. The van der Waals surface area contributed by atoms with Crippen molar-refractivity contribution in [1.82, 2.24) is 14.8 Å². The second-order valence-corrected chi connectivity index (χ2v) is 7.09. The van der Waals surface area contributed by atoms with E-state index in [1.807, 2.05) is 50.2 Å². The van der Waals surface area contributed by atoms with Crippen molar-refractivity contribution in [1.29, 1.82) is 0 Å². The summed E-state index contributed by atoms with van der Waals surface area (Å²) in [5.41, 5.74) is 2.29. The Morgan fingerprint density at radius 2 is 1.79 bits per heavy atom. The molecule has 1 amide bonds. The number of amides is 1. The highest BCUT2D eigenvalue weighted by molar-refractivity contribution is 6.06. The second kappa shape index (κ2) is 8.44. The van der Waals surface area contributed by atoms with Crippen LogP contribution < -0.4 is 0 Å². The highest BCUT2D eigenvalue weighted by atomic mass is 19.1. The minimum atomic E-state index is -0.654. The van der Waals surface area contributed by atoms with Crippen molar-refractivity contribution in [2.24, 2.45) is 0 Å². The Morgan fingerprint density at radius 1 is 1.04 bits per heavy atom. The molecule has 0 aliphatic rings. The van der Waals surface area contributed by atoms with Crippen molar-refractivity contribution in [2.45, 2.75) is 13.5 Å². The van der Waals surface area contributed by atoms with Crippen molar-refractivity contribution < 1.29 is 13.6 Å². The molecule has 0 radical (unpaired) electrons. The zero-order valence-corrected chi connectivity index (χ0v) is 16.2. The first-order chi connectivity index (χ1) is 13.3. The van der Waals surface area contributed by atoms with Crippen molar-refractivity contribution in [3.8, 4) is 0 Å². The van der Waals surface area contributed by atoms with Gasteiger partial charge in [0, 0.05) is 42.3 Å². The van der Waals surface area contributed by atoms with E-state index in [-0.39, 0.29) is 18.0 Å². The number of carbonyl (C=O) groups excluding carboxylic acids is 1. The van der Waals surface area contributed by atoms with Crippen LogP contribution in [0.4, 0.5) is 8.78 Å². The number of fused-ring (bicyclic) bond motifs is 1. The lowest BCUT2D eigenvalue weighted by Crippen LogP contribution is -2.36. The van der Waals surface area contributed by atoms with Crippen LogP contribution in [0.2, 0.25) is 0 Å². The Kier molecular flexibility index (Phi) is 5.99. The number of para-hydroxylation sites is 1. The molecule has 2 aromatic carbocycles. The maximum absolute atomic E-state index is 14.2. The lowest BCUT2D eigenvalue weighted by atomic mass is 10.1. The number of nitrogens with zero attached hydrogens (tertiary/aromatic N) is 3. The van der Waals surface area contributed by atoms with Crippen molar-refractivity contribution in [2.75, 3.05) is 27.2 Å². The molecule has 1 aromatic heterocycles. The zero-order chi connectivity index (χ0) is 20.3. The number of hydrogen-bond donors (Lipinski definition) is 0. The summed E-state index contributed by atoms with van der Waals surface area (Å²) in [4.78, 5) is 21.4. The third-order valence-corrected chi connectivity index (χ3v) is 4.56. The number of benzene rings is 2. The predicted octanol–water partition coefficient (Wildman–Crippen LogP) is 4.03. The molecule has 3 rings (SSSR count). The SMILES string of the molecule is Cc1cc(C(=O)N(CCN(C)C)Cc2ccc(F)cc2F)c2ccccc2n1. The smallest absolute Gasteiger partial charge is 0.254 e. The van der Waals surface area contributed by atoms with E-state index in [2.05, 4.69) is 4.98 Å². The maximum Gasteiger partial charge on any atom is 0.254 e. The summed E-state index contributed by atoms with van der Waals surface area (Å²) in [6, 6.07) is 12.7. The maximum atomic E-state index is 14.2. The van der Waals surface area contributed by atoms with Gasteiger partial charge in [0.1, 0.15) is 11.6 Å². The van der Waals surface area contributed by atoms with Gasteiger partial charge in [-0.15, -0.1) is 0 Å². The molecule has 0 fully saturated rings. The summed E-state index contributed by atoms with van der Waals surface area (Å²) in [6.45, 7) is 2.94. The third kappa shape index (κ3) is 4.51. The van der Waals surface area contributed by atoms with E-state index < -0.39 is 11.6 Å². The largest absolute Gasteiger partial charge is 0.333 e. The molecule has 1 heterocycles. The first kappa shape index (κ1) is 19.9. The molecule has 0 N–H and O–H groups in total. The zero-order valence-electron chi connectivity index (χ0n) is 16.2. The summed E-state index contributed by atoms with van der Waals surface area (Å²) < 4.78 is 27.4. The topological polar surface area (TPSA) is 36.4 Å². The van der Waals surface area contributed by atoms with Gasteiger partial charge < -0.3 is 9.80 Å². The van der Waals surface area contributed by atoms with Crippen molar-refractivity contribution in [3.63, 3.8) is 0 Å². The van der Waals surface area contributed by atoms with Gasteiger partial charge in [-0.3, -0.25) is 9.78 Å². The van der Waals surface area contributed by atoms with Gasteiger partial charge in [0.2, 0.25) is 0 Å². The number of pyridine rings is 1. The van der Waals surface area contributed by atoms with Gasteiger partial charge in [0.25, 0.3) is 5.91 Å². The van der Waals surface area contributed by atoms with Crippen molar-refractivity contribution >= 4 is 16.8 Å². The lowest BCUT2D eigenvalue weighted by molar-refractivity contribution is 0.0732. The Hall–Kier alpha value is -2.86. The van der Waals surface area contributed by atoms with Crippen molar-refractivity contribution in [3.05, 3.63) is 77.0 Å². The Labute approximate surface area is 163 Å². The Bertz CT molecular complexity index is 1000. The van der Waals surface area contributed by atoms with E-state index in [1.54, 1.807) is 11.0 Å². The van der Waals surface area contributed by atoms with Crippen LogP contribution in [-0.4, -0.2) is 47.9 Å². The Balaban J connectivity index is 1.99. The average molecular weight is 383 g/mol. The number of hydrogen-bond acceptors (Lipinski definition) is 3. The molecular weight excluding hydrogens is 360 g/mol. The molecule has 0 spiro atoms. The van der Waals surface area contributed by atoms with E-state index in [1.165, 1.54) is 12.1 Å². The van der Waals surface area contributed by atoms with Gasteiger partial charge in [0.15, 0.2) is 0 Å². The minimum Gasteiger partial charge on any atom is -0.333 e. The second-order valence-electron chi connectivity index (χ2n) is 7.09. The molecule has 0 saturated carbocycles. The minimum absolute atomic E-state index is 0.0640. The molecule has 0 saturated heterocycles. The number of likely N-dealkylation sites (N-methyl/N-ethyl adjacent to an activating group) is 1. The fourth-order valence-corrected chi connectivity index (χ4v) is 3.08. The van der Waals surface area contributed by atoms with E-state index in [0.717, 1.165) is 22.7 Å². The summed E-state index contributed by atoms with van der Waals surface area (Å²) in [6.07, 6.45) is 0. The van der Waals surface area contributed by atoms with Gasteiger partial charge in [-0.2, -0.15) is 0 Å². The van der Waals surface area contributed by atoms with Crippen LogP contribution in [0.25, 0.3) is 10.9 Å². The molecule has 0 aliphatic carbocycles. The molecule has 0 atom stereocenters. The first-order valence-corrected chi connectivity index (χ1v) is 9.09. The number of carbonyl (C=O) groups is 1. The third-order valence-electron chi connectivity index (χ3n) is 4.56. The molecule has 0 bridgehead atoms. The average Bonchev–Trinajstić information content (AvgIpc) is 2.65. The molecular formula is C22H23F2N3O. The number of aryl methyl sites for hydroxylation is 1. The van der Waals surface area contributed by atoms with Gasteiger partial charge in [-0.25, -0.2) is 8.78 Å².